The third-order valence-corrected chi connectivity index (χ3v) is 5.13. The van der Waals surface area contributed by atoms with Gasteiger partial charge in [0.2, 0.25) is 5.91 Å². The van der Waals surface area contributed by atoms with E-state index in [1.807, 2.05) is 41.1 Å². The smallest absolute Gasteiger partial charge is 0.228 e. The predicted molar refractivity (Wildman–Crippen MR) is 119 cm³/mol. The van der Waals surface area contributed by atoms with Gasteiger partial charge < -0.3 is 20.6 Å². The van der Waals surface area contributed by atoms with E-state index >= 15 is 0 Å². The van der Waals surface area contributed by atoms with Crippen LogP contribution in [0.2, 0.25) is 0 Å². The SMILES string of the molecule is CN=C(CC(N)=Nc1cc(-c2ccc3c(c2)NC(=O)C3)cn2ccnc12)C(C)(C)O. The van der Waals surface area contributed by atoms with Crippen molar-refractivity contribution < 1.29 is 9.90 Å². The zero-order valence-corrected chi connectivity index (χ0v) is 17.2. The van der Waals surface area contributed by atoms with Gasteiger partial charge in [-0.25, -0.2) is 9.98 Å². The normalized spacial score (nSPS) is 14.9. The quantitative estimate of drug-likeness (QED) is 0.448. The van der Waals surface area contributed by atoms with Gasteiger partial charge in [0.15, 0.2) is 5.65 Å². The zero-order chi connectivity index (χ0) is 21.5. The summed E-state index contributed by atoms with van der Waals surface area (Å²) >= 11 is 0. The molecular weight excluding hydrogens is 380 g/mol. The highest BCUT2D eigenvalue weighted by atomic mass is 16.3. The number of hydrogen-bond donors (Lipinski definition) is 3. The van der Waals surface area contributed by atoms with Crippen molar-refractivity contribution in [2.75, 3.05) is 12.4 Å². The van der Waals surface area contributed by atoms with Gasteiger partial charge in [0.05, 0.1) is 17.7 Å². The number of hydrogen-bond acceptors (Lipinski definition) is 5. The fourth-order valence-corrected chi connectivity index (χ4v) is 3.58. The Hall–Kier alpha value is -3.52. The van der Waals surface area contributed by atoms with Crippen LogP contribution in [0.3, 0.4) is 0 Å². The average molecular weight is 404 g/mol. The van der Waals surface area contributed by atoms with E-state index in [0.717, 1.165) is 22.4 Å². The highest BCUT2D eigenvalue weighted by Crippen LogP contribution is 2.32. The number of pyridine rings is 1. The van der Waals surface area contributed by atoms with E-state index in [-0.39, 0.29) is 12.3 Å². The first-order valence-corrected chi connectivity index (χ1v) is 9.66. The number of aliphatic hydroxyl groups is 1. The molecule has 1 aromatic carbocycles. The summed E-state index contributed by atoms with van der Waals surface area (Å²) < 4.78 is 1.89. The van der Waals surface area contributed by atoms with E-state index in [1.165, 1.54) is 0 Å². The largest absolute Gasteiger partial charge is 0.387 e. The average Bonchev–Trinajstić information content (AvgIpc) is 3.29. The fourth-order valence-electron chi connectivity index (χ4n) is 3.58. The zero-order valence-electron chi connectivity index (χ0n) is 17.2. The van der Waals surface area contributed by atoms with Crippen molar-refractivity contribution in [3.8, 4) is 11.1 Å². The Labute approximate surface area is 174 Å². The van der Waals surface area contributed by atoms with Crippen LogP contribution in [0.1, 0.15) is 25.8 Å². The van der Waals surface area contributed by atoms with E-state index in [4.69, 9.17) is 5.73 Å². The second-order valence-electron chi connectivity index (χ2n) is 7.88. The minimum absolute atomic E-state index is 0.00507. The molecule has 8 heteroatoms. The molecule has 0 fully saturated rings. The fraction of sp³-hybridized carbons (Fsp3) is 0.273. The van der Waals surface area contributed by atoms with Gasteiger partial charge in [0, 0.05) is 43.3 Å². The van der Waals surface area contributed by atoms with Crippen LogP contribution in [0, 0.1) is 0 Å². The first-order valence-electron chi connectivity index (χ1n) is 9.66. The summed E-state index contributed by atoms with van der Waals surface area (Å²) in [4.78, 5) is 24.8. The van der Waals surface area contributed by atoms with Crippen LogP contribution in [0.15, 0.2) is 52.8 Å². The Bertz CT molecular complexity index is 1200. The maximum Gasteiger partial charge on any atom is 0.228 e. The van der Waals surface area contributed by atoms with E-state index < -0.39 is 5.60 Å². The first kappa shape index (κ1) is 19.8. The number of benzene rings is 1. The van der Waals surface area contributed by atoms with Crippen LogP contribution < -0.4 is 11.1 Å². The van der Waals surface area contributed by atoms with Crippen LogP contribution >= 0.6 is 0 Å². The van der Waals surface area contributed by atoms with E-state index in [0.29, 0.717) is 29.3 Å². The van der Waals surface area contributed by atoms with Crippen LogP contribution in [-0.4, -0.2) is 44.6 Å². The Morgan fingerprint density at radius 1 is 1.33 bits per heavy atom. The number of fused-ring (bicyclic) bond motifs is 2. The maximum absolute atomic E-state index is 11.7. The van der Waals surface area contributed by atoms with Gasteiger partial charge in [-0.1, -0.05) is 12.1 Å². The monoisotopic (exact) mass is 404 g/mol. The number of amides is 1. The summed E-state index contributed by atoms with van der Waals surface area (Å²) in [7, 11) is 1.63. The second-order valence-corrected chi connectivity index (χ2v) is 7.88. The van der Waals surface area contributed by atoms with Crippen LogP contribution in [0.4, 0.5) is 11.4 Å². The molecule has 0 saturated carbocycles. The molecule has 1 aliphatic heterocycles. The Balaban J connectivity index is 1.74. The van der Waals surface area contributed by atoms with Crippen molar-refractivity contribution in [2.45, 2.75) is 32.3 Å². The lowest BCUT2D eigenvalue weighted by molar-refractivity contribution is -0.115. The summed E-state index contributed by atoms with van der Waals surface area (Å²) in [6.07, 6.45) is 6.17. The van der Waals surface area contributed by atoms with E-state index in [2.05, 4.69) is 20.3 Å². The number of amidine groups is 1. The maximum atomic E-state index is 11.7. The molecule has 154 valence electrons. The van der Waals surface area contributed by atoms with Crippen LogP contribution in [0.25, 0.3) is 16.8 Å². The van der Waals surface area contributed by atoms with Crippen molar-refractivity contribution in [3.05, 3.63) is 48.4 Å². The van der Waals surface area contributed by atoms with Crippen molar-refractivity contribution in [1.82, 2.24) is 9.38 Å². The van der Waals surface area contributed by atoms with Gasteiger partial charge in [-0.3, -0.25) is 9.79 Å². The van der Waals surface area contributed by atoms with Gasteiger partial charge in [-0.05, 0) is 37.1 Å². The number of carbonyl (C=O) groups is 1. The molecule has 0 radical (unpaired) electrons. The molecule has 30 heavy (non-hydrogen) atoms. The number of nitrogens with one attached hydrogen (secondary N) is 1. The Morgan fingerprint density at radius 3 is 2.87 bits per heavy atom. The molecule has 0 spiro atoms. The predicted octanol–water partition coefficient (Wildman–Crippen LogP) is 2.72. The van der Waals surface area contributed by atoms with Gasteiger partial charge in [-0.15, -0.1) is 0 Å². The van der Waals surface area contributed by atoms with Crippen molar-refractivity contribution in [1.29, 1.82) is 0 Å². The molecule has 3 heterocycles. The molecule has 1 amide bonds. The molecule has 3 aromatic rings. The van der Waals surface area contributed by atoms with Crippen molar-refractivity contribution in [2.24, 2.45) is 15.7 Å². The number of anilines is 1. The van der Waals surface area contributed by atoms with Gasteiger partial charge in [0.25, 0.3) is 0 Å². The van der Waals surface area contributed by atoms with Crippen LogP contribution in [0.5, 0.6) is 0 Å². The standard InChI is InChI=1S/C22H24N6O2/c1-22(2,30)18(24-3)11-19(23)26-17-9-15(12-28-7-6-25-21(17)28)13-4-5-14-10-20(29)27-16(14)8-13/h4-9,12,30H,10-11H2,1-3H3,(H2,23,26)(H,27,29). The minimum Gasteiger partial charge on any atom is -0.387 e. The van der Waals surface area contributed by atoms with E-state index in [9.17, 15) is 9.90 Å². The highest BCUT2D eigenvalue weighted by molar-refractivity contribution is 6.07. The minimum atomic E-state index is -1.08. The molecule has 4 rings (SSSR count). The third-order valence-electron chi connectivity index (χ3n) is 5.13. The molecule has 0 atom stereocenters. The van der Waals surface area contributed by atoms with Crippen LogP contribution in [-0.2, 0) is 11.2 Å². The topological polar surface area (TPSA) is 117 Å². The summed E-state index contributed by atoms with van der Waals surface area (Å²) in [5, 5.41) is 13.1. The summed E-state index contributed by atoms with van der Waals surface area (Å²) in [5.41, 5.74) is 10.7. The summed E-state index contributed by atoms with van der Waals surface area (Å²) in [6.45, 7) is 3.34. The lowest BCUT2D eigenvalue weighted by Crippen LogP contribution is -2.34. The molecule has 1 aliphatic rings. The summed E-state index contributed by atoms with van der Waals surface area (Å²) in [6, 6.07) is 7.83. The molecule has 0 bridgehead atoms. The number of aliphatic imine (C=N–C) groups is 2. The lowest BCUT2D eigenvalue weighted by Gasteiger charge is -2.19. The Morgan fingerprint density at radius 2 is 2.13 bits per heavy atom. The molecule has 0 unspecified atom stereocenters. The van der Waals surface area contributed by atoms with Crippen molar-refractivity contribution in [3.63, 3.8) is 0 Å². The number of rotatable bonds is 5. The first-order chi connectivity index (χ1) is 14.2. The molecule has 8 nitrogen and oxygen atoms in total. The summed E-state index contributed by atoms with van der Waals surface area (Å²) in [5.74, 6) is 0.339. The second kappa shape index (κ2) is 7.38. The molecule has 2 aromatic heterocycles. The molecule has 0 aliphatic carbocycles. The Kier molecular flexibility index (Phi) is 4.87. The van der Waals surface area contributed by atoms with Crippen molar-refractivity contribution >= 4 is 34.5 Å². The highest BCUT2D eigenvalue weighted by Gasteiger charge is 2.22. The molecule has 0 saturated heterocycles. The third kappa shape index (κ3) is 3.81. The molecule has 4 N–H and O–H groups in total. The molecular formula is C22H24N6O2. The van der Waals surface area contributed by atoms with Gasteiger partial charge in [0.1, 0.15) is 11.5 Å². The van der Waals surface area contributed by atoms with E-state index in [1.54, 1.807) is 27.1 Å². The van der Waals surface area contributed by atoms with Gasteiger partial charge in [-0.2, -0.15) is 0 Å². The number of nitrogens with zero attached hydrogens (tertiary/aromatic N) is 4. The number of imidazole rings is 1. The van der Waals surface area contributed by atoms with Gasteiger partial charge >= 0.3 is 0 Å². The number of carbonyl (C=O) groups excluding carboxylic acids is 1. The number of aromatic nitrogens is 2. The number of nitrogens with two attached hydrogens (primary N) is 1. The lowest BCUT2D eigenvalue weighted by atomic mass is 9.99.